The van der Waals surface area contributed by atoms with E-state index in [-0.39, 0.29) is 0 Å². The Labute approximate surface area is 72.4 Å². The highest BCUT2D eigenvalue weighted by molar-refractivity contribution is 4.69. The first-order valence-corrected chi connectivity index (χ1v) is 4.08. The van der Waals surface area contributed by atoms with Crippen LogP contribution < -0.4 is 0 Å². The van der Waals surface area contributed by atoms with Crippen molar-refractivity contribution in [1.29, 1.82) is 0 Å². The normalized spacial score (nSPS) is 31.0. The number of aliphatic hydroxyl groups excluding tert-OH is 1. The van der Waals surface area contributed by atoms with Crippen LogP contribution in [0.4, 0.5) is 0 Å². The van der Waals surface area contributed by atoms with Gasteiger partial charge in [-0.05, 0) is 13.8 Å². The number of methoxy groups -OCH3 is 1. The third kappa shape index (κ3) is 2.42. The lowest BCUT2D eigenvalue weighted by atomic mass is 10.3. The Hall–Kier alpha value is -0.160. The lowest BCUT2D eigenvalue weighted by Crippen LogP contribution is -2.36. The number of rotatable bonds is 3. The predicted octanol–water partition coefficient (Wildman–Crippen LogP) is 0.493. The molecule has 2 atom stereocenters. The molecule has 0 aromatic heterocycles. The summed E-state index contributed by atoms with van der Waals surface area (Å²) in [4.78, 5) is 0. The molecule has 0 aromatic carbocycles. The second-order valence-corrected chi connectivity index (χ2v) is 3.32. The molecule has 1 saturated heterocycles. The van der Waals surface area contributed by atoms with Gasteiger partial charge in [0, 0.05) is 13.5 Å². The van der Waals surface area contributed by atoms with Gasteiger partial charge < -0.3 is 19.3 Å². The van der Waals surface area contributed by atoms with Crippen molar-refractivity contribution in [3.05, 3.63) is 0 Å². The number of hydrogen-bond acceptors (Lipinski definition) is 4. The molecule has 0 aliphatic carbocycles. The molecule has 1 N–H and O–H groups in total. The van der Waals surface area contributed by atoms with Gasteiger partial charge in [-0.3, -0.25) is 0 Å². The average molecular weight is 176 g/mol. The summed E-state index contributed by atoms with van der Waals surface area (Å²) in [5, 5.41) is 9.34. The number of hydrogen-bond donors (Lipinski definition) is 1. The van der Waals surface area contributed by atoms with E-state index in [9.17, 15) is 5.11 Å². The zero-order chi connectivity index (χ0) is 9.19. The lowest BCUT2D eigenvalue weighted by Gasteiger charge is -2.28. The van der Waals surface area contributed by atoms with Gasteiger partial charge in [-0.25, -0.2) is 0 Å². The molecule has 0 bridgehead atoms. The van der Waals surface area contributed by atoms with Gasteiger partial charge in [0.05, 0.1) is 6.61 Å². The summed E-state index contributed by atoms with van der Waals surface area (Å²) in [6, 6.07) is 0. The fourth-order valence-corrected chi connectivity index (χ4v) is 0.993. The van der Waals surface area contributed by atoms with E-state index in [0.717, 1.165) is 0 Å². The Bertz CT molecular complexity index is 146. The van der Waals surface area contributed by atoms with Crippen molar-refractivity contribution in [2.45, 2.75) is 38.4 Å². The van der Waals surface area contributed by atoms with Crippen molar-refractivity contribution < 1.29 is 19.3 Å². The molecule has 0 radical (unpaired) electrons. The minimum absolute atomic E-state index is 0.528. The van der Waals surface area contributed by atoms with Crippen molar-refractivity contribution in [2.75, 3.05) is 13.7 Å². The summed E-state index contributed by atoms with van der Waals surface area (Å²) in [5.74, 6) is -0.698. The Morgan fingerprint density at radius 2 is 2.17 bits per heavy atom. The summed E-state index contributed by atoms with van der Waals surface area (Å²) in [5.41, 5.74) is 0. The number of ether oxygens (including phenoxy) is 3. The third-order valence-corrected chi connectivity index (χ3v) is 1.90. The van der Waals surface area contributed by atoms with Gasteiger partial charge >= 0.3 is 0 Å². The fourth-order valence-electron chi connectivity index (χ4n) is 0.993. The van der Waals surface area contributed by atoms with Gasteiger partial charge in [-0.15, -0.1) is 0 Å². The largest absolute Gasteiger partial charge is 0.388 e. The highest BCUT2D eigenvalue weighted by atomic mass is 16.8. The molecule has 72 valence electrons. The fraction of sp³-hybridized carbons (Fsp3) is 1.00. The quantitative estimate of drug-likeness (QED) is 0.636. The van der Waals surface area contributed by atoms with Crippen LogP contribution in [0.1, 0.15) is 20.3 Å². The molecule has 1 rings (SSSR count). The minimum atomic E-state index is -0.698. The molecule has 4 nitrogen and oxygen atoms in total. The van der Waals surface area contributed by atoms with Gasteiger partial charge in [0.25, 0.3) is 0 Å². The van der Waals surface area contributed by atoms with E-state index in [2.05, 4.69) is 0 Å². The highest BCUT2D eigenvalue weighted by Crippen LogP contribution is 2.21. The van der Waals surface area contributed by atoms with Gasteiger partial charge in [0.15, 0.2) is 12.1 Å². The Balaban J connectivity index is 2.39. The standard InChI is InChI=1S/C8H16O4/c1-8(2,10-3)12-7-6(9)4-5-11-7/h6-7,9H,4-5H2,1-3H3. The first-order valence-electron chi connectivity index (χ1n) is 4.08. The zero-order valence-electron chi connectivity index (χ0n) is 7.74. The van der Waals surface area contributed by atoms with E-state index < -0.39 is 18.2 Å². The second-order valence-electron chi connectivity index (χ2n) is 3.32. The first-order chi connectivity index (χ1) is 5.55. The Kier molecular flexibility index (Phi) is 3.06. The maximum atomic E-state index is 9.34. The molecule has 12 heavy (non-hydrogen) atoms. The molecule has 1 aliphatic heterocycles. The molecule has 0 amide bonds. The van der Waals surface area contributed by atoms with E-state index in [4.69, 9.17) is 14.2 Å². The summed E-state index contributed by atoms with van der Waals surface area (Å²) < 4.78 is 15.6. The molecule has 0 saturated carbocycles. The molecule has 0 spiro atoms. The SMILES string of the molecule is COC(C)(C)OC1OCCC1O. The van der Waals surface area contributed by atoms with E-state index in [1.807, 2.05) is 0 Å². The van der Waals surface area contributed by atoms with Crippen molar-refractivity contribution in [3.63, 3.8) is 0 Å². The van der Waals surface area contributed by atoms with E-state index >= 15 is 0 Å². The van der Waals surface area contributed by atoms with Crippen LogP contribution in [0, 0.1) is 0 Å². The van der Waals surface area contributed by atoms with Crippen molar-refractivity contribution in [1.82, 2.24) is 0 Å². The van der Waals surface area contributed by atoms with Crippen LogP contribution in [-0.4, -0.2) is 37.0 Å². The summed E-state index contributed by atoms with van der Waals surface area (Å²) in [6.45, 7) is 4.11. The second kappa shape index (κ2) is 3.70. The summed E-state index contributed by atoms with van der Waals surface area (Å²) in [7, 11) is 1.56. The van der Waals surface area contributed by atoms with E-state index in [1.54, 1.807) is 21.0 Å². The monoisotopic (exact) mass is 176 g/mol. The lowest BCUT2D eigenvalue weighted by molar-refractivity contribution is -0.288. The smallest absolute Gasteiger partial charge is 0.186 e. The van der Waals surface area contributed by atoms with Crippen molar-refractivity contribution in [3.8, 4) is 0 Å². The molecular weight excluding hydrogens is 160 g/mol. The van der Waals surface area contributed by atoms with Crippen LogP contribution in [0.25, 0.3) is 0 Å². The Morgan fingerprint density at radius 1 is 1.50 bits per heavy atom. The average Bonchev–Trinajstić information content (AvgIpc) is 2.36. The van der Waals surface area contributed by atoms with Crippen molar-refractivity contribution in [2.24, 2.45) is 0 Å². The van der Waals surface area contributed by atoms with E-state index in [0.29, 0.717) is 13.0 Å². The molecular formula is C8H16O4. The summed E-state index contributed by atoms with van der Waals surface area (Å²) >= 11 is 0. The van der Waals surface area contributed by atoms with Crippen molar-refractivity contribution >= 4 is 0 Å². The van der Waals surface area contributed by atoms with Gasteiger partial charge in [0.2, 0.25) is 0 Å². The van der Waals surface area contributed by atoms with Gasteiger partial charge in [-0.1, -0.05) is 0 Å². The van der Waals surface area contributed by atoms with Gasteiger partial charge in [0.1, 0.15) is 6.10 Å². The van der Waals surface area contributed by atoms with Crippen LogP contribution in [0.15, 0.2) is 0 Å². The highest BCUT2D eigenvalue weighted by Gasteiger charge is 2.32. The zero-order valence-corrected chi connectivity index (χ0v) is 7.74. The van der Waals surface area contributed by atoms with E-state index in [1.165, 1.54) is 0 Å². The first kappa shape index (κ1) is 9.92. The van der Waals surface area contributed by atoms with Crippen LogP contribution >= 0.6 is 0 Å². The topological polar surface area (TPSA) is 47.9 Å². The van der Waals surface area contributed by atoms with Crippen LogP contribution in [0.5, 0.6) is 0 Å². The molecule has 0 aromatic rings. The minimum Gasteiger partial charge on any atom is -0.388 e. The van der Waals surface area contributed by atoms with Crippen LogP contribution in [0.2, 0.25) is 0 Å². The molecule has 1 aliphatic rings. The van der Waals surface area contributed by atoms with Crippen LogP contribution in [-0.2, 0) is 14.2 Å². The number of aliphatic hydroxyl groups is 1. The molecule has 1 heterocycles. The third-order valence-electron chi connectivity index (χ3n) is 1.90. The Morgan fingerprint density at radius 3 is 2.58 bits per heavy atom. The summed E-state index contributed by atoms with van der Waals surface area (Å²) in [6.07, 6.45) is -0.441. The maximum Gasteiger partial charge on any atom is 0.186 e. The molecule has 2 unspecified atom stereocenters. The van der Waals surface area contributed by atoms with Gasteiger partial charge in [-0.2, -0.15) is 0 Å². The molecule has 1 fully saturated rings. The predicted molar refractivity (Wildman–Crippen MR) is 42.5 cm³/mol. The maximum absolute atomic E-state index is 9.34. The van der Waals surface area contributed by atoms with Crippen LogP contribution in [0.3, 0.4) is 0 Å². The molecule has 4 heteroatoms.